The van der Waals surface area contributed by atoms with Crippen LogP contribution in [0.2, 0.25) is 5.02 Å². The number of benzene rings is 2. The summed E-state index contributed by atoms with van der Waals surface area (Å²) in [5, 5.41) is 0.716. The predicted molar refractivity (Wildman–Crippen MR) is 101 cm³/mol. The minimum Gasteiger partial charge on any atom is -0.327 e. The van der Waals surface area contributed by atoms with Crippen LogP contribution in [0.5, 0.6) is 0 Å². The van der Waals surface area contributed by atoms with E-state index in [-0.39, 0.29) is 6.04 Å². The van der Waals surface area contributed by atoms with E-state index in [0.29, 0.717) is 28.9 Å². The first-order valence-corrected chi connectivity index (χ1v) is 10.3. The summed E-state index contributed by atoms with van der Waals surface area (Å²) in [5.74, 6) is 0.321. The Balaban J connectivity index is 1.60. The molecule has 1 saturated heterocycles. The van der Waals surface area contributed by atoms with E-state index in [9.17, 15) is 8.42 Å². The Morgan fingerprint density at radius 1 is 1.08 bits per heavy atom. The number of rotatable bonds is 5. The van der Waals surface area contributed by atoms with E-state index >= 15 is 0 Å². The lowest BCUT2D eigenvalue weighted by Crippen LogP contribution is -2.44. The Kier molecular flexibility index (Phi) is 5.79. The van der Waals surface area contributed by atoms with Crippen molar-refractivity contribution in [2.45, 2.75) is 30.2 Å². The van der Waals surface area contributed by atoms with Crippen molar-refractivity contribution in [3.05, 3.63) is 65.2 Å². The zero-order valence-electron chi connectivity index (χ0n) is 14.0. The Labute approximate surface area is 154 Å². The lowest BCUT2D eigenvalue weighted by molar-refractivity contribution is 0.243. The van der Waals surface area contributed by atoms with E-state index in [1.54, 1.807) is 28.6 Å². The van der Waals surface area contributed by atoms with Gasteiger partial charge < -0.3 is 5.73 Å². The fourth-order valence-corrected chi connectivity index (χ4v) is 5.09. The van der Waals surface area contributed by atoms with Crippen LogP contribution in [0.3, 0.4) is 0 Å². The molecule has 1 heterocycles. The highest BCUT2D eigenvalue weighted by atomic mass is 35.5. The minimum absolute atomic E-state index is 0.0139. The predicted octanol–water partition coefficient (Wildman–Crippen LogP) is 3.31. The molecule has 1 aliphatic rings. The number of nitrogens with zero attached hydrogens (tertiary/aromatic N) is 1. The van der Waals surface area contributed by atoms with Crippen LogP contribution in [0.4, 0.5) is 0 Å². The number of halogens is 1. The SMILES string of the molecule is NC(Cc1cccc(Cl)c1)C1CCN(S(=O)(=O)c2ccccc2)CC1. The highest BCUT2D eigenvalue weighted by molar-refractivity contribution is 7.89. The molecule has 0 aromatic heterocycles. The molecule has 0 bridgehead atoms. The van der Waals surface area contributed by atoms with Crippen molar-refractivity contribution in [3.8, 4) is 0 Å². The Morgan fingerprint density at radius 3 is 2.40 bits per heavy atom. The maximum atomic E-state index is 12.7. The monoisotopic (exact) mass is 378 g/mol. The first-order valence-electron chi connectivity index (χ1n) is 8.52. The van der Waals surface area contributed by atoms with Gasteiger partial charge in [-0.05, 0) is 55.0 Å². The van der Waals surface area contributed by atoms with Gasteiger partial charge in [-0.25, -0.2) is 8.42 Å². The van der Waals surface area contributed by atoms with Gasteiger partial charge in [-0.2, -0.15) is 4.31 Å². The fraction of sp³-hybridized carbons (Fsp3) is 0.368. The number of sulfonamides is 1. The molecule has 4 nitrogen and oxygen atoms in total. The van der Waals surface area contributed by atoms with Crippen LogP contribution < -0.4 is 5.73 Å². The Hall–Kier alpha value is -1.40. The summed E-state index contributed by atoms with van der Waals surface area (Å²) in [6.45, 7) is 1.04. The van der Waals surface area contributed by atoms with Gasteiger partial charge in [0.25, 0.3) is 0 Å². The molecular formula is C19H23ClN2O2S. The molecule has 1 atom stereocenters. The van der Waals surface area contributed by atoms with Crippen molar-refractivity contribution in [1.29, 1.82) is 0 Å². The molecule has 0 saturated carbocycles. The summed E-state index contributed by atoms with van der Waals surface area (Å²) in [7, 11) is -3.40. The number of hydrogen-bond acceptors (Lipinski definition) is 3. The van der Waals surface area contributed by atoms with E-state index in [2.05, 4.69) is 0 Å². The van der Waals surface area contributed by atoms with Crippen LogP contribution in [-0.4, -0.2) is 31.9 Å². The smallest absolute Gasteiger partial charge is 0.243 e. The molecule has 3 rings (SSSR count). The van der Waals surface area contributed by atoms with Crippen molar-refractivity contribution in [1.82, 2.24) is 4.31 Å². The summed E-state index contributed by atoms with van der Waals surface area (Å²) < 4.78 is 26.9. The summed E-state index contributed by atoms with van der Waals surface area (Å²) in [6.07, 6.45) is 2.33. The normalized spacial score (nSPS) is 18.2. The molecule has 2 N–H and O–H groups in total. The van der Waals surface area contributed by atoms with Crippen molar-refractivity contribution < 1.29 is 8.42 Å². The van der Waals surface area contributed by atoms with Gasteiger partial charge in [0.2, 0.25) is 10.0 Å². The zero-order chi connectivity index (χ0) is 17.9. The molecule has 25 heavy (non-hydrogen) atoms. The van der Waals surface area contributed by atoms with Crippen molar-refractivity contribution in [2.24, 2.45) is 11.7 Å². The molecule has 6 heteroatoms. The molecule has 134 valence electrons. The van der Waals surface area contributed by atoms with Gasteiger partial charge in [-0.15, -0.1) is 0 Å². The lowest BCUT2D eigenvalue weighted by Gasteiger charge is -2.34. The fourth-order valence-electron chi connectivity index (χ4n) is 3.39. The molecule has 0 amide bonds. The van der Waals surface area contributed by atoms with Crippen LogP contribution in [0.15, 0.2) is 59.5 Å². The van der Waals surface area contributed by atoms with Gasteiger partial charge in [-0.3, -0.25) is 0 Å². The molecular weight excluding hydrogens is 356 g/mol. The van der Waals surface area contributed by atoms with Crippen LogP contribution in [0.1, 0.15) is 18.4 Å². The summed E-state index contributed by atoms with van der Waals surface area (Å²) in [6, 6.07) is 16.4. The third kappa shape index (κ3) is 4.42. The summed E-state index contributed by atoms with van der Waals surface area (Å²) in [4.78, 5) is 0.358. The highest BCUT2D eigenvalue weighted by Gasteiger charge is 2.31. The van der Waals surface area contributed by atoms with Crippen molar-refractivity contribution >= 4 is 21.6 Å². The first kappa shape index (κ1) is 18.4. The quantitative estimate of drug-likeness (QED) is 0.868. The minimum atomic E-state index is -3.40. The van der Waals surface area contributed by atoms with Gasteiger partial charge in [0, 0.05) is 24.2 Å². The molecule has 2 aromatic carbocycles. The second-order valence-electron chi connectivity index (χ2n) is 6.55. The number of nitrogens with two attached hydrogens (primary N) is 1. The maximum absolute atomic E-state index is 12.7. The van der Waals surface area contributed by atoms with E-state index in [4.69, 9.17) is 17.3 Å². The molecule has 2 aromatic rings. The summed E-state index contributed by atoms with van der Waals surface area (Å²) >= 11 is 6.03. The Morgan fingerprint density at radius 2 is 1.76 bits per heavy atom. The molecule has 0 spiro atoms. The average molecular weight is 379 g/mol. The highest BCUT2D eigenvalue weighted by Crippen LogP contribution is 2.26. The molecule has 1 aliphatic heterocycles. The van der Waals surface area contributed by atoms with Gasteiger partial charge in [0.15, 0.2) is 0 Å². The average Bonchev–Trinajstić information content (AvgIpc) is 2.62. The van der Waals surface area contributed by atoms with E-state index in [1.165, 1.54) is 0 Å². The van der Waals surface area contributed by atoms with Crippen LogP contribution >= 0.6 is 11.6 Å². The maximum Gasteiger partial charge on any atom is 0.243 e. The zero-order valence-corrected chi connectivity index (χ0v) is 15.6. The number of hydrogen-bond donors (Lipinski definition) is 1. The van der Waals surface area contributed by atoms with Crippen LogP contribution in [0, 0.1) is 5.92 Å². The van der Waals surface area contributed by atoms with E-state index in [1.807, 2.05) is 30.3 Å². The van der Waals surface area contributed by atoms with Gasteiger partial charge in [0.05, 0.1) is 4.90 Å². The third-order valence-electron chi connectivity index (χ3n) is 4.85. The van der Waals surface area contributed by atoms with Crippen molar-refractivity contribution in [3.63, 3.8) is 0 Å². The number of piperidine rings is 1. The standard InChI is InChI=1S/C19H23ClN2O2S/c20-17-6-4-5-15(13-17)14-19(21)16-9-11-22(12-10-16)25(23,24)18-7-2-1-3-8-18/h1-8,13,16,19H,9-12,14,21H2. The van der Waals surface area contributed by atoms with Gasteiger partial charge >= 0.3 is 0 Å². The van der Waals surface area contributed by atoms with Gasteiger partial charge in [0.1, 0.15) is 0 Å². The van der Waals surface area contributed by atoms with Crippen molar-refractivity contribution in [2.75, 3.05) is 13.1 Å². The Bertz CT molecular complexity index is 803. The largest absolute Gasteiger partial charge is 0.327 e. The molecule has 1 unspecified atom stereocenters. The molecule has 0 aliphatic carbocycles. The first-order chi connectivity index (χ1) is 12.0. The summed E-state index contributed by atoms with van der Waals surface area (Å²) in [5.41, 5.74) is 7.51. The van der Waals surface area contributed by atoms with E-state index in [0.717, 1.165) is 24.8 Å². The van der Waals surface area contributed by atoms with Crippen LogP contribution in [-0.2, 0) is 16.4 Å². The van der Waals surface area contributed by atoms with Crippen LogP contribution in [0.25, 0.3) is 0 Å². The molecule has 1 fully saturated rings. The third-order valence-corrected chi connectivity index (χ3v) is 6.99. The van der Waals surface area contributed by atoms with E-state index < -0.39 is 10.0 Å². The second kappa shape index (κ2) is 7.87. The topological polar surface area (TPSA) is 63.4 Å². The lowest BCUT2D eigenvalue weighted by atomic mass is 9.87. The molecule has 0 radical (unpaired) electrons. The second-order valence-corrected chi connectivity index (χ2v) is 8.93. The van der Waals surface area contributed by atoms with Gasteiger partial charge in [-0.1, -0.05) is 41.9 Å².